The zero-order valence-corrected chi connectivity index (χ0v) is 9.90. The van der Waals surface area contributed by atoms with Gasteiger partial charge in [0, 0.05) is 6.08 Å². The van der Waals surface area contributed by atoms with E-state index in [2.05, 4.69) is 0 Å². The van der Waals surface area contributed by atoms with Gasteiger partial charge in [-0.3, -0.25) is 4.79 Å². The number of rotatable bonds is 4. The van der Waals surface area contributed by atoms with Gasteiger partial charge in [0.1, 0.15) is 0 Å². The van der Waals surface area contributed by atoms with Crippen LogP contribution in [0, 0.1) is 6.92 Å². The van der Waals surface area contributed by atoms with E-state index in [1.165, 1.54) is 0 Å². The number of hydrogen-bond donors (Lipinski definition) is 1. The van der Waals surface area contributed by atoms with E-state index in [9.17, 15) is 9.59 Å². The molecule has 1 amide bonds. The number of nitrogens with two attached hydrogens (primary N) is 1. The Kier molecular flexibility index (Phi) is 4.46. The summed E-state index contributed by atoms with van der Waals surface area (Å²) in [5, 5.41) is 0. The highest BCUT2D eigenvalue weighted by Gasteiger charge is 2.13. The van der Waals surface area contributed by atoms with Crippen molar-refractivity contribution < 1.29 is 14.3 Å². The first-order chi connectivity index (χ1) is 8.04. The van der Waals surface area contributed by atoms with E-state index in [-0.39, 0.29) is 12.2 Å². The van der Waals surface area contributed by atoms with Crippen LogP contribution in [0.2, 0.25) is 0 Å². The van der Waals surface area contributed by atoms with Gasteiger partial charge in [0.25, 0.3) is 0 Å². The Hall–Kier alpha value is -2.10. The van der Waals surface area contributed by atoms with Crippen molar-refractivity contribution in [2.75, 3.05) is 6.61 Å². The molecule has 0 saturated carbocycles. The maximum Gasteiger partial charge on any atom is 0.338 e. The van der Waals surface area contributed by atoms with E-state index in [1.807, 2.05) is 19.1 Å². The molecule has 90 valence electrons. The number of aryl methyl sites for hydroxylation is 1. The zero-order chi connectivity index (χ0) is 12.8. The molecular formula is C13H15NO3. The van der Waals surface area contributed by atoms with Gasteiger partial charge in [-0.05, 0) is 19.4 Å². The van der Waals surface area contributed by atoms with Crippen molar-refractivity contribution in [2.24, 2.45) is 5.73 Å². The van der Waals surface area contributed by atoms with Gasteiger partial charge in [0.05, 0.1) is 12.2 Å². The number of amides is 1. The predicted molar refractivity (Wildman–Crippen MR) is 65.0 cm³/mol. The normalized spacial score (nSPS) is 11.1. The summed E-state index contributed by atoms with van der Waals surface area (Å²) in [6.45, 7) is 3.89. The topological polar surface area (TPSA) is 69.4 Å². The number of carbonyl (C=O) groups excluding carboxylic acids is 2. The van der Waals surface area contributed by atoms with Crippen LogP contribution in [0.15, 0.2) is 30.3 Å². The van der Waals surface area contributed by atoms with E-state index < -0.39 is 11.9 Å². The van der Waals surface area contributed by atoms with Crippen molar-refractivity contribution in [3.05, 3.63) is 41.5 Å². The highest BCUT2D eigenvalue weighted by molar-refractivity contribution is 6.20. The lowest BCUT2D eigenvalue weighted by Crippen LogP contribution is -2.13. The molecular weight excluding hydrogens is 218 g/mol. The molecule has 4 heteroatoms. The molecule has 4 nitrogen and oxygen atoms in total. The lowest BCUT2D eigenvalue weighted by Gasteiger charge is -2.06. The van der Waals surface area contributed by atoms with Crippen molar-refractivity contribution in [3.63, 3.8) is 0 Å². The molecule has 0 aliphatic rings. The number of ether oxygens (including phenoxy) is 1. The minimum Gasteiger partial charge on any atom is -0.462 e. The second-order valence-corrected chi connectivity index (χ2v) is 3.55. The molecule has 0 spiro atoms. The molecule has 0 fully saturated rings. The third-order valence-electron chi connectivity index (χ3n) is 2.14. The summed E-state index contributed by atoms with van der Waals surface area (Å²) >= 11 is 0. The van der Waals surface area contributed by atoms with Gasteiger partial charge in [0.15, 0.2) is 0 Å². The highest BCUT2D eigenvalue weighted by Crippen LogP contribution is 2.16. The SMILES string of the molecule is CCOC(=O)C(=CC(N)=O)c1ccc(C)cc1. The molecule has 17 heavy (non-hydrogen) atoms. The number of esters is 1. The maximum atomic E-state index is 11.7. The number of primary amides is 1. The smallest absolute Gasteiger partial charge is 0.338 e. The average molecular weight is 233 g/mol. The summed E-state index contributed by atoms with van der Waals surface area (Å²) in [5.41, 5.74) is 6.94. The zero-order valence-electron chi connectivity index (χ0n) is 9.90. The summed E-state index contributed by atoms with van der Waals surface area (Å²) in [5.74, 6) is -1.22. The largest absolute Gasteiger partial charge is 0.462 e. The van der Waals surface area contributed by atoms with Crippen molar-refractivity contribution in [3.8, 4) is 0 Å². The van der Waals surface area contributed by atoms with Crippen LogP contribution in [-0.4, -0.2) is 18.5 Å². The molecule has 0 atom stereocenters. The van der Waals surface area contributed by atoms with E-state index in [1.54, 1.807) is 19.1 Å². The quantitative estimate of drug-likeness (QED) is 0.631. The van der Waals surface area contributed by atoms with Gasteiger partial charge in [-0.2, -0.15) is 0 Å². The van der Waals surface area contributed by atoms with Crippen LogP contribution >= 0.6 is 0 Å². The first-order valence-electron chi connectivity index (χ1n) is 5.30. The van der Waals surface area contributed by atoms with E-state index >= 15 is 0 Å². The highest BCUT2D eigenvalue weighted by atomic mass is 16.5. The summed E-state index contributed by atoms with van der Waals surface area (Å²) in [7, 11) is 0. The van der Waals surface area contributed by atoms with Crippen molar-refractivity contribution in [1.82, 2.24) is 0 Å². The third-order valence-corrected chi connectivity index (χ3v) is 2.14. The molecule has 1 aromatic carbocycles. The average Bonchev–Trinajstić information content (AvgIpc) is 2.27. The van der Waals surface area contributed by atoms with Crippen LogP contribution in [0.1, 0.15) is 18.1 Å². The Morgan fingerprint density at radius 3 is 2.35 bits per heavy atom. The molecule has 0 aliphatic heterocycles. The summed E-state index contributed by atoms with van der Waals surface area (Å²) in [4.78, 5) is 22.6. The molecule has 2 N–H and O–H groups in total. The standard InChI is InChI=1S/C13H15NO3/c1-3-17-13(16)11(8-12(14)15)10-6-4-9(2)5-7-10/h4-8H,3H2,1-2H3,(H2,14,15). The minimum absolute atomic E-state index is 0.180. The van der Waals surface area contributed by atoms with E-state index in [4.69, 9.17) is 10.5 Å². The molecule has 1 aromatic rings. The lowest BCUT2D eigenvalue weighted by atomic mass is 10.0. The van der Waals surface area contributed by atoms with Crippen molar-refractivity contribution in [2.45, 2.75) is 13.8 Å². The molecule has 0 unspecified atom stereocenters. The third kappa shape index (κ3) is 3.75. The van der Waals surface area contributed by atoms with Crippen LogP contribution in [0.25, 0.3) is 5.57 Å². The van der Waals surface area contributed by atoms with Gasteiger partial charge < -0.3 is 10.5 Å². The van der Waals surface area contributed by atoms with Gasteiger partial charge in [-0.25, -0.2) is 4.79 Å². The fourth-order valence-electron chi connectivity index (χ4n) is 1.34. The molecule has 0 aromatic heterocycles. The minimum atomic E-state index is -0.673. The number of carbonyl (C=O) groups is 2. The molecule has 1 rings (SSSR count). The van der Waals surface area contributed by atoms with Gasteiger partial charge >= 0.3 is 5.97 Å². The second kappa shape index (κ2) is 5.84. The summed E-state index contributed by atoms with van der Waals surface area (Å²) in [6.07, 6.45) is 1.09. The maximum absolute atomic E-state index is 11.7. The summed E-state index contributed by atoms with van der Waals surface area (Å²) in [6, 6.07) is 7.20. The van der Waals surface area contributed by atoms with Crippen molar-refractivity contribution >= 4 is 17.4 Å². The number of hydrogen-bond acceptors (Lipinski definition) is 3. The lowest BCUT2D eigenvalue weighted by molar-refractivity contribution is -0.136. The fraction of sp³-hybridized carbons (Fsp3) is 0.231. The molecule has 0 bridgehead atoms. The first kappa shape index (κ1) is 13.0. The Morgan fingerprint density at radius 1 is 1.29 bits per heavy atom. The Labute approximate surface area is 100 Å². The Bertz CT molecular complexity index is 446. The van der Waals surface area contributed by atoms with Crippen LogP contribution < -0.4 is 5.73 Å². The van der Waals surface area contributed by atoms with Gasteiger partial charge in [-0.1, -0.05) is 29.8 Å². The molecule has 0 saturated heterocycles. The van der Waals surface area contributed by atoms with Crippen LogP contribution in [0.3, 0.4) is 0 Å². The van der Waals surface area contributed by atoms with Crippen LogP contribution in [-0.2, 0) is 14.3 Å². The van der Waals surface area contributed by atoms with E-state index in [0.717, 1.165) is 11.6 Å². The summed E-state index contributed by atoms with van der Waals surface area (Å²) < 4.78 is 4.87. The van der Waals surface area contributed by atoms with Crippen LogP contribution in [0.5, 0.6) is 0 Å². The van der Waals surface area contributed by atoms with Crippen molar-refractivity contribution in [1.29, 1.82) is 0 Å². The molecule has 0 heterocycles. The Balaban J connectivity index is 3.11. The van der Waals surface area contributed by atoms with Gasteiger partial charge in [-0.15, -0.1) is 0 Å². The van der Waals surface area contributed by atoms with E-state index in [0.29, 0.717) is 5.56 Å². The fourth-order valence-corrected chi connectivity index (χ4v) is 1.34. The van der Waals surface area contributed by atoms with Crippen LogP contribution in [0.4, 0.5) is 0 Å². The number of benzene rings is 1. The second-order valence-electron chi connectivity index (χ2n) is 3.55. The first-order valence-corrected chi connectivity index (χ1v) is 5.30. The van der Waals surface area contributed by atoms with Gasteiger partial charge in [0.2, 0.25) is 5.91 Å². The Morgan fingerprint density at radius 2 is 1.88 bits per heavy atom. The predicted octanol–water partition coefficient (Wildman–Crippen LogP) is 1.43. The molecule has 0 aliphatic carbocycles. The molecule has 0 radical (unpaired) electrons. The monoisotopic (exact) mass is 233 g/mol.